The average Bonchev–Trinajstić information content (AvgIpc) is 2.05. The molecule has 5 heteroatoms. The predicted octanol–water partition coefficient (Wildman–Crippen LogP) is 4.13. The fourth-order valence-electron chi connectivity index (χ4n) is 1.11. The average molecular weight is 235 g/mol. The number of alkyl halides is 3. The van der Waals surface area contributed by atoms with Crippen LogP contribution in [0.1, 0.15) is 31.0 Å². The van der Waals surface area contributed by atoms with Crippen molar-refractivity contribution in [3.05, 3.63) is 23.5 Å². The Kier molecular flexibility index (Phi) is 3.65. The summed E-state index contributed by atoms with van der Waals surface area (Å²) in [5.74, 6) is 0.230. The lowest BCUT2D eigenvalue weighted by Crippen LogP contribution is -2.02. The maximum absolute atomic E-state index is 12.1. The van der Waals surface area contributed by atoms with Crippen LogP contribution < -0.4 is 0 Å². The van der Waals surface area contributed by atoms with Crippen LogP contribution in [0, 0.1) is 6.92 Å². The van der Waals surface area contributed by atoms with E-state index in [9.17, 15) is 13.2 Å². The molecule has 1 rings (SSSR count). The van der Waals surface area contributed by atoms with E-state index in [4.69, 9.17) is 0 Å². The van der Waals surface area contributed by atoms with Crippen molar-refractivity contribution in [1.29, 1.82) is 0 Å². The summed E-state index contributed by atoms with van der Waals surface area (Å²) in [5.41, 5.74) is -2.80. The van der Waals surface area contributed by atoms with Gasteiger partial charge in [-0.1, -0.05) is 13.8 Å². The van der Waals surface area contributed by atoms with Crippen molar-refractivity contribution in [2.45, 2.75) is 37.1 Å². The molecule has 0 unspecified atom stereocenters. The van der Waals surface area contributed by atoms with Crippen molar-refractivity contribution in [2.75, 3.05) is 0 Å². The monoisotopic (exact) mass is 235 g/mol. The number of halogens is 3. The maximum atomic E-state index is 12.1. The van der Waals surface area contributed by atoms with E-state index in [1.54, 1.807) is 13.0 Å². The summed E-state index contributed by atoms with van der Waals surface area (Å²) in [5, 5.41) is 0. The fraction of sp³-hybridized carbons (Fsp3) is 0.500. The Hall–Kier alpha value is -0.710. The van der Waals surface area contributed by atoms with Gasteiger partial charge in [-0.3, -0.25) is 4.98 Å². The van der Waals surface area contributed by atoms with Crippen LogP contribution in [0.3, 0.4) is 0 Å². The third-order valence-electron chi connectivity index (χ3n) is 1.90. The van der Waals surface area contributed by atoms with Gasteiger partial charge in [-0.15, -0.1) is 0 Å². The normalized spacial score (nSPS) is 12.2. The summed E-state index contributed by atoms with van der Waals surface area (Å²) >= 11 is -0.115. The van der Waals surface area contributed by atoms with Gasteiger partial charge >= 0.3 is 5.51 Å². The standard InChI is InChI=1S/C10H12F3NS/c1-6(2)8-4-7(3)9(5-14-8)15-10(11,12)13/h4-6H,1-3H3. The molecule has 84 valence electrons. The Morgan fingerprint density at radius 3 is 2.33 bits per heavy atom. The van der Waals surface area contributed by atoms with E-state index in [0.29, 0.717) is 5.56 Å². The van der Waals surface area contributed by atoms with Gasteiger partial charge < -0.3 is 0 Å². The van der Waals surface area contributed by atoms with E-state index < -0.39 is 5.51 Å². The van der Waals surface area contributed by atoms with Gasteiger partial charge in [0, 0.05) is 16.8 Å². The minimum Gasteiger partial charge on any atom is -0.260 e. The molecule has 1 nitrogen and oxygen atoms in total. The highest BCUT2D eigenvalue weighted by atomic mass is 32.2. The topological polar surface area (TPSA) is 12.9 Å². The second kappa shape index (κ2) is 4.43. The number of thioether (sulfide) groups is 1. The molecule has 0 fully saturated rings. The zero-order chi connectivity index (χ0) is 11.6. The van der Waals surface area contributed by atoms with Crippen molar-refractivity contribution < 1.29 is 13.2 Å². The molecule has 0 aliphatic rings. The molecule has 0 N–H and O–H groups in total. The minimum atomic E-state index is -4.24. The number of rotatable bonds is 2. The molecule has 0 aromatic carbocycles. The Bertz CT molecular complexity index is 347. The van der Waals surface area contributed by atoms with E-state index >= 15 is 0 Å². The summed E-state index contributed by atoms with van der Waals surface area (Å²) in [6.07, 6.45) is 1.29. The number of hydrogen-bond acceptors (Lipinski definition) is 2. The lowest BCUT2D eigenvalue weighted by Gasteiger charge is -2.10. The molecule has 0 atom stereocenters. The van der Waals surface area contributed by atoms with Crippen molar-refractivity contribution >= 4 is 11.8 Å². The van der Waals surface area contributed by atoms with Gasteiger partial charge in [0.25, 0.3) is 0 Å². The second-order valence-electron chi connectivity index (χ2n) is 3.58. The first-order valence-corrected chi connectivity index (χ1v) is 5.33. The zero-order valence-electron chi connectivity index (χ0n) is 8.72. The molecule has 1 aromatic heterocycles. The molecular formula is C10H12F3NS. The van der Waals surface area contributed by atoms with Crippen LogP contribution in [0.4, 0.5) is 13.2 Å². The minimum absolute atomic E-state index is 0.115. The van der Waals surface area contributed by atoms with Crippen molar-refractivity contribution in [1.82, 2.24) is 4.98 Å². The Morgan fingerprint density at radius 1 is 1.33 bits per heavy atom. The number of hydrogen-bond donors (Lipinski definition) is 0. The number of aromatic nitrogens is 1. The highest BCUT2D eigenvalue weighted by molar-refractivity contribution is 8.00. The molecule has 1 aromatic rings. The van der Waals surface area contributed by atoms with Gasteiger partial charge in [0.2, 0.25) is 0 Å². The fourth-order valence-corrected chi connectivity index (χ4v) is 1.69. The molecule has 0 aliphatic heterocycles. The van der Waals surface area contributed by atoms with Crippen molar-refractivity contribution in [2.24, 2.45) is 0 Å². The Morgan fingerprint density at radius 2 is 1.93 bits per heavy atom. The van der Waals surface area contributed by atoms with E-state index in [1.165, 1.54) is 6.20 Å². The largest absolute Gasteiger partial charge is 0.446 e. The lowest BCUT2D eigenvalue weighted by atomic mass is 10.1. The molecule has 0 bridgehead atoms. The van der Waals surface area contributed by atoms with Crippen molar-refractivity contribution in [3.8, 4) is 0 Å². The van der Waals surface area contributed by atoms with Crippen molar-refractivity contribution in [3.63, 3.8) is 0 Å². The highest BCUT2D eigenvalue weighted by Crippen LogP contribution is 2.38. The van der Waals surface area contributed by atoms with Gasteiger partial charge in [-0.2, -0.15) is 13.2 Å². The van der Waals surface area contributed by atoms with Gasteiger partial charge in [-0.05, 0) is 36.2 Å². The molecule has 0 aliphatic carbocycles. The number of aryl methyl sites for hydroxylation is 1. The summed E-state index contributed by atoms with van der Waals surface area (Å²) in [6, 6.07) is 1.71. The molecule has 0 amide bonds. The first-order chi connectivity index (χ1) is 6.79. The highest BCUT2D eigenvalue weighted by Gasteiger charge is 2.30. The SMILES string of the molecule is Cc1cc(C(C)C)ncc1SC(F)(F)F. The third-order valence-corrected chi connectivity index (χ3v) is 2.78. The quantitative estimate of drug-likeness (QED) is 0.715. The smallest absolute Gasteiger partial charge is 0.260 e. The number of pyridine rings is 1. The van der Waals surface area contributed by atoms with E-state index in [0.717, 1.165) is 5.69 Å². The summed E-state index contributed by atoms with van der Waals surface area (Å²) in [4.78, 5) is 4.18. The second-order valence-corrected chi connectivity index (χ2v) is 4.68. The molecule has 0 radical (unpaired) electrons. The Labute approximate surface area is 91.1 Å². The van der Waals surface area contributed by atoms with E-state index in [2.05, 4.69) is 4.98 Å². The lowest BCUT2D eigenvalue weighted by molar-refractivity contribution is -0.0328. The van der Waals surface area contributed by atoms with Crippen LogP contribution in [0.5, 0.6) is 0 Å². The molecule has 0 saturated heterocycles. The van der Waals surface area contributed by atoms with Crippen LogP contribution >= 0.6 is 11.8 Å². The van der Waals surface area contributed by atoms with E-state index in [1.807, 2.05) is 13.8 Å². The van der Waals surface area contributed by atoms with Crippen LogP contribution in [0.2, 0.25) is 0 Å². The van der Waals surface area contributed by atoms with Gasteiger partial charge in [0.1, 0.15) is 0 Å². The molecular weight excluding hydrogens is 223 g/mol. The Balaban J connectivity index is 2.94. The van der Waals surface area contributed by atoms with Crippen LogP contribution in [-0.2, 0) is 0 Å². The summed E-state index contributed by atoms with van der Waals surface area (Å²) in [7, 11) is 0. The van der Waals surface area contributed by atoms with Gasteiger partial charge in [0.15, 0.2) is 0 Å². The summed E-state index contributed by atoms with van der Waals surface area (Å²) in [6.45, 7) is 5.58. The number of nitrogens with zero attached hydrogens (tertiary/aromatic N) is 1. The molecule has 0 spiro atoms. The summed E-state index contributed by atoms with van der Waals surface area (Å²) < 4.78 is 36.3. The molecule has 0 saturated carbocycles. The van der Waals surface area contributed by atoms with Crippen LogP contribution in [0.15, 0.2) is 17.2 Å². The van der Waals surface area contributed by atoms with Gasteiger partial charge in [0.05, 0.1) is 0 Å². The molecule has 15 heavy (non-hydrogen) atoms. The van der Waals surface area contributed by atoms with Crippen LogP contribution in [0.25, 0.3) is 0 Å². The molecule has 1 heterocycles. The zero-order valence-corrected chi connectivity index (χ0v) is 9.54. The first kappa shape index (κ1) is 12.4. The van der Waals surface area contributed by atoms with Gasteiger partial charge in [-0.25, -0.2) is 0 Å². The van der Waals surface area contributed by atoms with E-state index in [-0.39, 0.29) is 22.6 Å². The first-order valence-electron chi connectivity index (χ1n) is 4.52. The van der Waals surface area contributed by atoms with Crippen LogP contribution in [-0.4, -0.2) is 10.5 Å². The third kappa shape index (κ3) is 3.74. The predicted molar refractivity (Wildman–Crippen MR) is 55.0 cm³/mol. The maximum Gasteiger partial charge on any atom is 0.446 e.